The Bertz CT molecular complexity index is 669. The van der Waals surface area contributed by atoms with Crippen LogP contribution < -0.4 is 10.6 Å². The van der Waals surface area contributed by atoms with Gasteiger partial charge < -0.3 is 10.6 Å². The molecule has 0 saturated heterocycles. The summed E-state index contributed by atoms with van der Waals surface area (Å²) >= 11 is 0. The van der Waals surface area contributed by atoms with E-state index in [4.69, 9.17) is 0 Å². The molecule has 1 heterocycles. The minimum Gasteiger partial charge on any atom is -0.355 e. The molecule has 0 fully saturated rings. The van der Waals surface area contributed by atoms with Gasteiger partial charge in [-0.15, -0.1) is 0 Å². The largest absolute Gasteiger partial charge is 0.355 e. The fraction of sp³-hybridized carbons (Fsp3) is 0.381. The Balaban J connectivity index is 1.41. The monoisotopic (exact) mass is 322 g/mol. The lowest BCUT2D eigenvalue weighted by Crippen LogP contribution is -2.44. The van der Waals surface area contributed by atoms with Crippen LogP contribution in [0.2, 0.25) is 0 Å². The van der Waals surface area contributed by atoms with E-state index < -0.39 is 0 Å². The molecule has 1 amide bonds. The maximum Gasteiger partial charge on any atom is 0.220 e. The van der Waals surface area contributed by atoms with Gasteiger partial charge in [-0.1, -0.05) is 61.5 Å². The van der Waals surface area contributed by atoms with Crippen LogP contribution in [-0.2, 0) is 24.2 Å². The van der Waals surface area contributed by atoms with Crippen LogP contribution in [0.15, 0.2) is 54.6 Å². The molecule has 24 heavy (non-hydrogen) atoms. The van der Waals surface area contributed by atoms with E-state index in [9.17, 15) is 4.79 Å². The number of carbonyl (C=O) groups is 1. The third-order valence-electron chi connectivity index (χ3n) is 4.67. The second kappa shape index (κ2) is 8.11. The fourth-order valence-electron chi connectivity index (χ4n) is 3.38. The molecule has 1 aliphatic rings. The summed E-state index contributed by atoms with van der Waals surface area (Å²) in [5.41, 5.74) is 4.06. The molecular formula is C21H26N2O. The molecule has 0 aliphatic carbocycles. The zero-order valence-electron chi connectivity index (χ0n) is 14.3. The summed E-state index contributed by atoms with van der Waals surface area (Å²) in [5.74, 6) is 0.506. The van der Waals surface area contributed by atoms with Crippen molar-refractivity contribution in [3.8, 4) is 0 Å². The highest BCUT2D eigenvalue weighted by molar-refractivity contribution is 5.76. The van der Waals surface area contributed by atoms with Gasteiger partial charge in [-0.05, 0) is 35.4 Å². The van der Waals surface area contributed by atoms with Crippen molar-refractivity contribution in [1.29, 1.82) is 0 Å². The quantitative estimate of drug-likeness (QED) is 0.858. The molecule has 0 bridgehead atoms. The number of hydrogen-bond donors (Lipinski definition) is 2. The summed E-state index contributed by atoms with van der Waals surface area (Å²) in [6.45, 7) is 3.73. The van der Waals surface area contributed by atoms with E-state index >= 15 is 0 Å². The normalized spacial score (nSPS) is 17.8. The predicted molar refractivity (Wildman–Crippen MR) is 97.7 cm³/mol. The summed E-state index contributed by atoms with van der Waals surface area (Å²) < 4.78 is 0. The molecule has 1 aliphatic heterocycles. The Kier molecular flexibility index (Phi) is 5.65. The number of amides is 1. The maximum atomic E-state index is 12.2. The predicted octanol–water partition coefficient (Wildman–Crippen LogP) is 3.09. The van der Waals surface area contributed by atoms with E-state index in [0.717, 1.165) is 19.4 Å². The van der Waals surface area contributed by atoms with Crippen molar-refractivity contribution in [2.45, 2.75) is 38.8 Å². The first kappa shape index (κ1) is 16.7. The van der Waals surface area contributed by atoms with Gasteiger partial charge in [0, 0.05) is 25.6 Å². The van der Waals surface area contributed by atoms with Crippen molar-refractivity contribution in [2.24, 2.45) is 5.92 Å². The standard InChI is InChI=1S/C21H26N2O/c1-16(11-17-7-3-2-4-8-17)12-21(24)23-15-20-13-18-9-5-6-10-19(18)14-22-20/h2-10,16,20,22H,11-15H2,1H3,(H,23,24)/t16-,20?/m1/s1. The van der Waals surface area contributed by atoms with Gasteiger partial charge in [0.2, 0.25) is 5.91 Å². The van der Waals surface area contributed by atoms with E-state index in [1.807, 2.05) is 6.07 Å². The molecular weight excluding hydrogens is 296 g/mol. The van der Waals surface area contributed by atoms with Crippen molar-refractivity contribution in [1.82, 2.24) is 10.6 Å². The number of rotatable bonds is 6. The summed E-state index contributed by atoms with van der Waals surface area (Å²) in [5, 5.41) is 6.61. The van der Waals surface area contributed by atoms with Crippen LogP contribution in [0.4, 0.5) is 0 Å². The van der Waals surface area contributed by atoms with E-state index in [1.54, 1.807) is 0 Å². The van der Waals surface area contributed by atoms with Crippen molar-refractivity contribution >= 4 is 5.91 Å². The Hall–Kier alpha value is -2.13. The molecule has 2 N–H and O–H groups in total. The highest BCUT2D eigenvalue weighted by Crippen LogP contribution is 2.16. The highest BCUT2D eigenvalue weighted by atomic mass is 16.1. The van der Waals surface area contributed by atoms with Gasteiger partial charge in [0.15, 0.2) is 0 Å². The van der Waals surface area contributed by atoms with Crippen LogP contribution in [0, 0.1) is 5.92 Å². The number of benzene rings is 2. The van der Waals surface area contributed by atoms with Gasteiger partial charge in [-0.3, -0.25) is 4.79 Å². The van der Waals surface area contributed by atoms with Crippen LogP contribution >= 0.6 is 0 Å². The first-order valence-corrected chi connectivity index (χ1v) is 8.81. The van der Waals surface area contributed by atoms with Crippen LogP contribution in [0.25, 0.3) is 0 Å². The number of nitrogens with one attached hydrogen (secondary N) is 2. The molecule has 2 aromatic rings. The maximum absolute atomic E-state index is 12.2. The molecule has 2 aromatic carbocycles. The van der Waals surface area contributed by atoms with Gasteiger partial charge in [0.1, 0.15) is 0 Å². The van der Waals surface area contributed by atoms with Gasteiger partial charge in [-0.2, -0.15) is 0 Å². The molecule has 3 rings (SSSR count). The minimum absolute atomic E-state index is 0.152. The Morgan fingerprint density at radius 2 is 1.83 bits per heavy atom. The van der Waals surface area contributed by atoms with Gasteiger partial charge >= 0.3 is 0 Å². The minimum atomic E-state index is 0.152. The summed E-state index contributed by atoms with van der Waals surface area (Å²) in [6, 6.07) is 19.2. The Morgan fingerprint density at radius 1 is 1.12 bits per heavy atom. The van der Waals surface area contributed by atoms with Crippen molar-refractivity contribution < 1.29 is 4.79 Å². The van der Waals surface area contributed by atoms with E-state index in [0.29, 0.717) is 24.9 Å². The van der Waals surface area contributed by atoms with Crippen molar-refractivity contribution in [2.75, 3.05) is 6.54 Å². The smallest absolute Gasteiger partial charge is 0.220 e. The average molecular weight is 322 g/mol. The molecule has 2 atom stereocenters. The van der Waals surface area contributed by atoms with Gasteiger partial charge in [0.05, 0.1) is 0 Å². The molecule has 126 valence electrons. The van der Waals surface area contributed by atoms with E-state index in [1.165, 1.54) is 16.7 Å². The van der Waals surface area contributed by atoms with E-state index in [-0.39, 0.29) is 5.91 Å². The lowest BCUT2D eigenvalue weighted by molar-refractivity contribution is -0.122. The molecule has 0 aromatic heterocycles. The van der Waals surface area contributed by atoms with Crippen molar-refractivity contribution in [3.05, 3.63) is 71.3 Å². The first-order valence-electron chi connectivity index (χ1n) is 8.81. The summed E-state index contributed by atoms with van der Waals surface area (Å²) in [6.07, 6.45) is 2.51. The average Bonchev–Trinajstić information content (AvgIpc) is 2.60. The SMILES string of the molecule is C[C@@H](CC(=O)NCC1Cc2ccccc2CN1)Cc1ccccc1. The molecule has 3 nitrogen and oxygen atoms in total. The van der Waals surface area contributed by atoms with Crippen LogP contribution in [0.5, 0.6) is 0 Å². The molecule has 0 spiro atoms. The zero-order chi connectivity index (χ0) is 16.8. The van der Waals surface area contributed by atoms with Crippen LogP contribution in [0.3, 0.4) is 0 Å². The third-order valence-corrected chi connectivity index (χ3v) is 4.67. The van der Waals surface area contributed by atoms with Gasteiger partial charge in [-0.25, -0.2) is 0 Å². The number of fused-ring (bicyclic) bond motifs is 1. The third kappa shape index (κ3) is 4.68. The fourth-order valence-corrected chi connectivity index (χ4v) is 3.38. The Labute approximate surface area is 144 Å². The summed E-state index contributed by atoms with van der Waals surface area (Å²) in [4.78, 5) is 12.2. The molecule has 3 heteroatoms. The second-order valence-corrected chi connectivity index (χ2v) is 6.85. The van der Waals surface area contributed by atoms with Crippen LogP contribution in [0.1, 0.15) is 30.0 Å². The topological polar surface area (TPSA) is 41.1 Å². The molecule has 1 unspecified atom stereocenters. The van der Waals surface area contributed by atoms with Crippen LogP contribution in [-0.4, -0.2) is 18.5 Å². The molecule has 0 radical (unpaired) electrons. The number of hydrogen-bond acceptors (Lipinski definition) is 2. The number of carbonyl (C=O) groups excluding carboxylic acids is 1. The van der Waals surface area contributed by atoms with Gasteiger partial charge in [0.25, 0.3) is 0 Å². The lowest BCUT2D eigenvalue weighted by atomic mass is 9.95. The zero-order valence-corrected chi connectivity index (χ0v) is 14.3. The van der Waals surface area contributed by atoms with E-state index in [2.05, 4.69) is 66.1 Å². The Morgan fingerprint density at radius 3 is 2.62 bits per heavy atom. The summed E-state index contributed by atoms with van der Waals surface area (Å²) in [7, 11) is 0. The lowest BCUT2D eigenvalue weighted by Gasteiger charge is -2.26. The molecule has 0 saturated carbocycles. The second-order valence-electron chi connectivity index (χ2n) is 6.85. The highest BCUT2D eigenvalue weighted by Gasteiger charge is 2.18. The first-order chi connectivity index (χ1) is 11.7. The van der Waals surface area contributed by atoms with Crippen molar-refractivity contribution in [3.63, 3.8) is 0 Å².